The lowest BCUT2D eigenvalue weighted by molar-refractivity contribution is -0.132. The van der Waals surface area contributed by atoms with Crippen molar-refractivity contribution < 1.29 is 19.6 Å². The molecule has 0 bridgehead atoms. The smallest absolute Gasteiger partial charge is 0.423 e. The first-order valence-electron chi connectivity index (χ1n) is 3.72. The molecule has 2 N–H and O–H groups in total. The molecule has 0 fully saturated rings. The maximum Gasteiger partial charge on any atom is 0.490 e. The Labute approximate surface area is 74.1 Å². The van der Waals surface area contributed by atoms with Crippen LogP contribution in [-0.4, -0.2) is 28.1 Å². The first-order chi connectivity index (χ1) is 6.16. The fraction of sp³-hybridized carbons (Fsp3) is 0.143. The van der Waals surface area contributed by atoms with Crippen LogP contribution in [0.15, 0.2) is 12.3 Å². The summed E-state index contributed by atoms with van der Waals surface area (Å²) in [5.41, 5.74) is 0.854. The molecule has 1 aliphatic heterocycles. The summed E-state index contributed by atoms with van der Waals surface area (Å²) < 4.78 is 4.73. The summed E-state index contributed by atoms with van der Waals surface area (Å²) in [6.07, 6.45) is 1.41. The van der Waals surface area contributed by atoms with Crippen LogP contribution in [0.4, 0.5) is 0 Å². The highest BCUT2D eigenvalue weighted by Crippen LogP contribution is 2.20. The Morgan fingerprint density at radius 3 is 3.00 bits per heavy atom. The minimum absolute atomic E-state index is 0.142. The Morgan fingerprint density at radius 1 is 1.54 bits per heavy atom. The molecule has 6 heteroatoms. The fourth-order valence-corrected chi connectivity index (χ4v) is 1.18. The van der Waals surface area contributed by atoms with E-state index in [0.717, 1.165) is 0 Å². The van der Waals surface area contributed by atoms with Gasteiger partial charge in [-0.2, -0.15) is 0 Å². The van der Waals surface area contributed by atoms with Gasteiger partial charge in [-0.3, -0.25) is 4.79 Å². The molecule has 0 unspecified atom stereocenters. The van der Waals surface area contributed by atoms with E-state index < -0.39 is 7.12 Å². The first kappa shape index (κ1) is 8.21. The average molecular weight is 179 g/mol. The quantitative estimate of drug-likeness (QED) is 0.393. The molecule has 0 radical (unpaired) electrons. The van der Waals surface area contributed by atoms with Gasteiger partial charge in [0.05, 0.1) is 6.42 Å². The van der Waals surface area contributed by atoms with Gasteiger partial charge in [0.2, 0.25) is 5.88 Å². The third-order valence-electron chi connectivity index (χ3n) is 1.79. The lowest BCUT2D eigenvalue weighted by atomic mass is 9.81. The van der Waals surface area contributed by atoms with E-state index in [1.54, 1.807) is 0 Å². The molecule has 5 nitrogen and oxygen atoms in total. The van der Waals surface area contributed by atoms with Gasteiger partial charge in [-0.15, -0.1) is 0 Å². The van der Waals surface area contributed by atoms with Crippen molar-refractivity contribution in [2.24, 2.45) is 0 Å². The van der Waals surface area contributed by atoms with Crippen molar-refractivity contribution in [1.82, 2.24) is 4.98 Å². The Morgan fingerprint density at radius 2 is 2.31 bits per heavy atom. The SMILES string of the molecule is O=C1Cc2cc(B(O)O)cnc2O1. The van der Waals surface area contributed by atoms with Crippen LogP contribution in [0, 0.1) is 0 Å². The minimum atomic E-state index is -1.56. The van der Waals surface area contributed by atoms with Crippen molar-refractivity contribution >= 4 is 18.6 Å². The van der Waals surface area contributed by atoms with E-state index in [2.05, 4.69) is 4.98 Å². The van der Waals surface area contributed by atoms with Crippen LogP contribution < -0.4 is 10.2 Å². The summed E-state index contributed by atoms with van der Waals surface area (Å²) in [6.45, 7) is 0. The molecule has 13 heavy (non-hydrogen) atoms. The first-order valence-corrected chi connectivity index (χ1v) is 3.72. The molecule has 1 aromatic rings. The van der Waals surface area contributed by atoms with Crippen LogP contribution in [0.3, 0.4) is 0 Å². The zero-order valence-corrected chi connectivity index (χ0v) is 6.60. The van der Waals surface area contributed by atoms with Gasteiger partial charge >= 0.3 is 13.1 Å². The Balaban J connectivity index is 2.40. The summed E-state index contributed by atoms with van der Waals surface area (Å²) in [5.74, 6) is -0.110. The van der Waals surface area contributed by atoms with Crippen molar-refractivity contribution in [3.8, 4) is 5.88 Å². The second-order valence-electron chi connectivity index (χ2n) is 2.76. The predicted molar refractivity (Wildman–Crippen MR) is 43.4 cm³/mol. The van der Waals surface area contributed by atoms with E-state index in [0.29, 0.717) is 5.56 Å². The van der Waals surface area contributed by atoms with Crippen molar-refractivity contribution in [3.05, 3.63) is 17.8 Å². The average Bonchev–Trinajstić information content (AvgIpc) is 2.42. The van der Waals surface area contributed by atoms with Crippen LogP contribution in [0.25, 0.3) is 0 Å². The van der Waals surface area contributed by atoms with Gasteiger partial charge in [-0.25, -0.2) is 4.98 Å². The number of rotatable bonds is 1. The predicted octanol–water partition coefficient (Wildman–Crippen LogP) is -1.78. The number of ether oxygens (including phenoxy) is 1. The highest BCUT2D eigenvalue weighted by molar-refractivity contribution is 6.58. The number of esters is 1. The molecule has 66 valence electrons. The molecule has 0 saturated carbocycles. The Kier molecular flexibility index (Phi) is 1.79. The number of carbonyl (C=O) groups excluding carboxylic acids is 1. The van der Waals surface area contributed by atoms with Crippen LogP contribution in [0.5, 0.6) is 5.88 Å². The highest BCUT2D eigenvalue weighted by Gasteiger charge is 2.23. The van der Waals surface area contributed by atoms with Gasteiger partial charge in [-0.1, -0.05) is 6.07 Å². The molecular formula is C7H6BNO4. The summed E-state index contributed by atoms with van der Waals surface area (Å²) in [6, 6.07) is 1.50. The maximum atomic E-state index is 10.8. The number of aromatic nitrogens is 1. The van der Waals surface area contributed by atoms with E-state index >= 15 is 0 Å². The topological polar surface area (TPSA) is 79.7 Å². The van der Waals surface area contributed by atoms with E-state index in [-0.39, 0.29) is 23.7 Å². The normalized spacial score (nSPS) is 13.8. The van der Waals surface area contributed by atoms with Gasteiger partial charge in [-0.05, 0) is 0 Å². The molecule has 0 aromatic carbocycles. The molecule has 0 spiro atoms. The van der Waals surface area contributed by atoms with Crippen molar-refractivity contribution in [3.63, 3.8) is 0 Å². The van der Waals surface area contributed by atoms with E-state index in [1.807, 2.05) is 0 Å². The van der Waals surface area contributed by atoms with Crippen molar-refractivity contribution in [2.75, 3.05) is 0 Å². The molecule has 0 amide bonds. The number of carbonyl (C=O) groups is 1. The Bertz CT molecular complexity index is 366. The summed E-state index contributed by atoms with van der Waals surface area (Å²) in [5, 5.41) is 17.6. The van der Waals surface area contributed by atoms with Crippen LogP contribution >= 0.6 is 0 Å². The second kappa shape index (κ2) is 2.83. The van der Waals surface area contributed by atoms with Gasteiger partial charge in [0.1, 0.15) is 0 Å². The van der Waals surface area contributed by atoms with Gasteiger partial charge < -0.3 is 14.8 Å². The number of nitrogens with zero attached hydrogens (tertiary/aromatic N) is 1. The highest BCUT2D eigenvalue weighted by atomic mass is 16.5. The number of fused-ring (bicyclic) bond motifs is 1. The molecule has 1 aliphatic rings. The summed E-state index contributed by atoms with van der Waals surface area (Å²) in [7, 11) is -1.56. The minimum Gasteiger partial charge on any atom is -0.423 e. The molecular weight excluding hydrogens is 173 g/mol. The fourth-order valence-electron chi connectivity index (χ4n) is 1.18. The summed E-state index contributed by atoms with van der Waals surface area (Å²) in [4.78, 5) is 14.6. The zero-order chi connectivity index (χ0) is 9.42. The number of hydrogen-bond donors (Lipinski definition) is 2. The van der Waals surface area contributed by atoms with Gasteiger partial charge in [0.25, 0.3) is 0 Å². The summed E-state index contributed by atoms with van der Waals surface area (Å²) >= 11 is 0. The zero-order valence-electron chi connectivity index (χ0n) is 6.60. The van der Waals surface area contributed by atoms with Gasteiger partial charge in [0, 0.05) is 17.2 Å². The largest absolute Gasteiger partial charge is 0.490 e. The molecule has 0 aliphatic carbocycles. The van der Waals surface area contributed by atoms with E-state index in [9.17, 15) is 4.79 Å². The third kappa shape index (κ3) is 1.41. The van der Waals surface area contributed by atoms with Crippen LogP contribution in [0.1, 0.15) is 5.56 Å². The molecule has 2 rings (SSSR count). The lowest BCUT2D eigenvalue weighted by Crippen LogP contribution is -2.30. The number of hydrogen-bond acceptors (Lipinski definition) is 5. The Hall–Kier alpha value is -1.40. The molecule has 2 heterocycles. The van der Waals surface area contributed by atoms with Crippen LogP contribution in [0.2, 0.25) is 0 Å². The third-order valence-corrected chi connectivity index (χ3v) is 1.79. The monoisotopic (exact) mass is 179 g/mol. The maximum absolute atomic E-state index is 10.8. The van der Waals surface area contributed by atoms with E-state index in [1.165, 1.54) is 12.3 Å². The van der Waals surface area contributed by atoms with Gasteiger partial charge in [0.15, 0.2) is 0 Å². The standard InChI is InChI=1S/C7H6BNO4/c10-6-2-4-1-5(8(11)12)3-9-7(4)13-6/h1,3,11-12H,2H2. The molecule has 1 aromatic heterocycles. The van der Waals surface area contributed by atoms with Crippen molar-refractivity contribution in [1.29, 1.82) is 0 Å². The van der Waals surface area contributed by atoms with Crippen molar-refractivity contribution in [2.45, 2.75) is 6.42 Å². The molecule has 0 atom stereocenters. The lowest BCUT2D eigenvalue weighted by Gasteiger charge is -1.99. The molecule has 0 saturated heterocycles. The number of pyridine rings is 1. The van der Waals surface area contributed by atoms with E-state index in [4.69, 9.17) is 14.8 Å². The van der Waals surface area contributed by atoms with Crippen LogP contribution in [-0.2, 0) is 11.2 Å². The second-order valence-corrected chi connectivity index (χ2v) is 2.76.